The van der Waals surface area contributed by atoms with Gasteiger partial charge in [-0.3, -0.25) is 4.79 Å². The Morgan fingerprint density at radius 3 is 1.90 bits per heavy atom. The number of ether oxygens (including phenoxy) is 2. The second-order valence-electron chi connectivity index (χ2n) is 13.2. The number of carbonyl (C=O) groups excluding carboxylic acids is 1. The molecule has 5 heteroatoms. The minimum atomic E-state index is -0.769. The average molecular weight is 411 g/mol. The van der Waals surface area contributed by atoms with Crippen molar-refractivity contribution < 1.29 is 14.3 Å². The lowest BCUT2D eigenvalue weighted by Crippen LogP contribution is -2.65. The van der Waals surface area contributed by atoms with Crippen molar-refractivity contribution in [1.82, 2.24) is 10.2 Å². The highest BCUT2D eigenvalue weighted by atomic mass is 16.6. The largest absolute Gasteiger partial charge is 0.375 e. The zero-order chi connectivity index (χ0) is 22.7. The van der Waals surface area contributed by atoms with E-state index >= 15 is 0 Å². The number of hydrogen-bond acceptors (Lipinski definition) is 4. The number of nitrogens with zero attached hydrogens (tertiary/aromatic N) is 1. The maximum atomic E-state index is 13.9. The predicted molar refractivity (Wildman–Crippen MR) is 119 cm³/mol. The molecule has 2 fully saturated rings. The first kappa shape index (κ1) is 24.6. The maximum Gasteiger partial charge on any atom is 0.257 e. The van der Waals surface area contributed by atoms with Gasteiger partial charge in [0.25, 0.3) is 5.91 Å². The van der Waals surface area contributed by atoms with Crippen molar-refractivity contribution in [2.24, 2.45) is 11.3 Å². The van der Waals surface area contributed by atoms with Gasteiger partial charge in [0.15, 0.2) is 5.60 Å². The quantitative estimate of drug-likeness (QED) is 0.727. The molecule has 0 aromatic carbocycles. The van der Waals surface area contributed by atoms with Crippen LogP contribution in [0.15, 0.2) is 0 Å². The minimum absolute atomic E-state index is 0.0179. The first-order valence-corrected chi connectivity index (χ1v) is 11.1. The number of nitrogens with one attached hydrogen (secondary N) is 1. The number of piperidine rings is 1. The number of hydrogen-bond donors (Lipinski definition) is 1. The van der Waals surface area contributed by atoms with Crippen molar-refractivity contribution in [2.75, 3.05) is 13.2 Å². The Kier molecular flexibility index (Phi) is 6.11. The zero-order valence-electron chi connectivity index (χ0n) is 21.1. The summed E-state index contributed by atoms with van der Waals surface area (Å²) in [6.07, 6.45) is 1.36. The smallest absolute Gasteiger partial charge is 0.257 e. The summed E-state index contributed by atoms with van der Waals surface area (Å²) in [7, 11) is 0. The van der Waals surface area contributed by atoms with E-state index in [0.717, 1.165) is 0 Å². The highest BCUT2D eigenvalue weighted by molar-refractivity contribution is 5.88. The van der Waals surface area contributed by atoms with Crippen molar-refractivity contribution in [3.63, 3.8) is 0 Å². The van der Waals surface area contributed by atoms with Crippen LogP contribution in [0.25, 0.3) is 0 Å². The molecule has 2 aliphatic rings. The van der Waals surface area contributed by atoms with Crippen molar-refractivity contribution in [2.45, 2.75) is 124 Å². The van der Waals surface area contributed by atoms with Gasteiger partial charge in [0.2, 0.25) is 0 Å². The molecule has 0 aromatic rings. The van der Waals surface area contributed by atoms with Gasteiger partial charge in [0.05, 0.1) is 12.2 Å². The molecule has 5 nitrogen and oxygen atoms in total. The molecule has 0 aromatic heterocycles. The van der Waals surface area contributed by atoms with Gasteiger partial charge >= 0.3 is 0 Å². The Labute approximate surface area is 179 Å². The summed E-state index contributed by atoms with van der Waals surface area (Å²) < 4.78 is 12.8. The lowest BCUT2D eigenvalue weighted by atomic mass is 9.72. The van der Waals surface area contributed by atoms with Crippen LogP contribution in [0.4, 0.5) is 0 Å². The summed E-state index contributed by atoms with van der Waals surface area (Å²) in [5.74, 6) is 0.349. The number of amides is 1. The molecule has 2 saturated heterocycles. The van der Waals surface area contributed by atoms with Gasteiger partial charge in [-0.2, -0.15) is 0 Å². The van der Waals surface area contributed by atoms with Crippen molar-refractivity contribution >= 4 is 5.91 Å². The van der Waals surface area contributed by atoms with Crippen LogP contribution >= 0.6 is 0 Å². The third kappa shape index (κ3) is 5.74. The fourth-order valence-electron chi connectivity index (χ4n) is 5.24. The van der Waals surface area contributed by atoms with E-state index in [1.807, 2.05) is 18.7 Å². The maximum absolute atomic E-state index is 13.9. The molecule has 0 bridgehead atoms. The van der Waals surface area contributed by atoms with E-state index in [9.17, 15) is 4.79 Å². The van der Waals surface area contributed by atoms with Crippen LogP contribution < -0.4 is 5.32 Å². The summed E-state index contributed by atoms with van der Waals surface area (Å²) in [6, 6.07) is 0. The van der Waals surface area contributed by atoms with Crippen LogP contribution in [0.5, 0.6) is 0 Å². The molecular weight excluding hydrogens is 364 g/mol. The first-order valence-electron chi connectivity index (χ1n) is 11.1. The van der Waals surface area contributed by atoms with Crippen molar-refractivity contribution in [3.8, 4) is 0 Å². The van der Waals surface area contributed by atoms with Crippen LogP contribution in [0, 0.1) is 11.3 Å². The summed E-state index contributed by atoms with van der Waals surface area (Å²) >= 11 is 0. The molecule has 1 amide bonds. The van der Waals surface area contributed by atoms with Gasteiger partial charge < -0.3 is 19.7 Å². The van der Waals surface area contributed by atoms with Gasteiger partial charge in [0.1, 0.15) is 5.72 Å². The SMILES string of the molecule is CC1(C)CC2(CC(C)(C)N1)OC(C)(C)N(CC(COC(C)(C)C)C(C)(C)C)C2=O. The van der Waals surface area contributed by atoms with E-state index in [1.165, 1.54) is 0 Å². The van der Waals surface area contributed by atoms with Gasteiger partial charge in [-0.15, -0.1) is 0 Å². The lowest BCUT2D eigenvalue weighted by Gasteiger charge is -2.50. The van der Waals surface area contributed by atoms with Crippen LogP contribution in [-0.4, -0.2) is 52.0 Å². The van der Waals surface area contributed by atoms with Crippen LogP contribution in [0.1, 0.15) is 95.9 Å². The third-order valence-corrected chi connectivity index (χ3v) is 6.21. The topological polar surface area (TPSA) is 50.8 Å². The van der Waals surface area contributed by atoms with E-state index in [0.29, 0.717) is 26.0 Å². The molecule has 0 radical (unpaired) electrons. The second-order valence-corrected chi connectivity index (χ2v) is 13.2. The van der Waals surface area contributed by atoms with Crippen LogP contribution in [0.2, 0.25) is 0 Å². The molecule has 2 heterocycles. The third-order valence-electron chi connectivity index (χ3n) is 6.21. The second kappa shape index (κ2) is 7.20. The van der Waals surface area contributed by atoms with Crippen molar-refractivity contribution in [3.05, 3.63) is 0 Å². The number of rotatable bonds is 4. The molecule has 2 rings (SSSR count). The summed E-state index contributed by atoms with van der Waals surface area (Å²) in [6.45, 7) is 26.9. The van der Waals surface area contributed by atoms with E-state index in [1.54, 1.807) is 0 Å². The Morgan fingerprint density at radius 1 is 1.00 bits per heavy atom. The molecule has 29 heavy (non-hydrogen) atoms. The summed E-state index contributed by atoms with van der Waals surface area (Å²) in [4.78, 5) is 15.8. The molecule has 170 valence electrons. The standard InChI is InChI=1S/C24H46N2O3/c1-19(2,3)17(14-28-20(4,5)6)13-26-18(27)24(29-23(26,11)12)15-21(7,8)25-22(9,10)16-24/h17,25H,13-16H2,1-12H3. The predicted octanol–water partition coefficient (Wildman–Crippen LogP) is 4.74. The lowest BCUT2D eigenvalue weighted by molar-refractivity contribution is -0.158. The Hall–Kier alpha value is -0.650. The van der Waals surface area contributed by atoms with Crippen LogP contribution in [0.3, 0.4) is 0 Å². The van der Waals surface area contributed by atoms with E-state index < -0.39 is 11.3 Å². The van der Waals surface area contributed by atoms with Gasteiger partial charge in [-0.05, 0) is 67.7 Å². The summed E-state index contributed by atoms with van der Waals surface area (Å²) in [5, 5.41) is 3.68. The average Bonchev–Trinajstić information content (AvgIpc) is 2.55. The monoisotopic (exact) mass is 410 g/mol. The van der Waals surface area contributed by atoms with Crippen LogP contribution in [-0.2, 0) is 14.3 Å². The van der Waals surface area contributed by atoms with Gasteiger partial charge in [0, 0.05) is 36.4 Å². The molecule has 0 saturated carbocycles. The Bertz CT molecular complexity index is 607. The molecule has 2 aliphatic heterocycles. The fourth-order valence-corrected chi connectivity index (χ4v) is 5.24. The van der Waals surface area contributed by atoms with E-state index in [4.69, 9.17) is 9.47 Å². The zero-order valence-corrected chi connectivity index (χ0v) is 21.1. The van der Waals surface area contributed by atoms with E-state index in [-0.39, 0.29) is 33.9 Å². The molecule has 1 atom stereocenters. The van der Waals surface area contributed by atoms with E-state index in [2.05, 4.69) is 74.6 Å². The Balaban J connectivity index is 2.32. The molecule has 1 spiro atoms. The van der Waals surface area contributed by atoms with Crippen molar-refractivity contribution in [1.29, 1.82) is 0 Å². The molecular formula is C24H46N2O3. The van der Waals surface area contributed by atoms with Gasteiger partial charge in [-0.25, -0.2) is 0 Å². The normalized spacial score (nSPS) is 26.8. The minimum Gasteiger partial charge on any atom is -0.375 e. The fraction of sp³-hybridized carbons (Fsp3) is 0.958. The highest BCUT2D eigenvalue weighted by Gasteiger charge is 2.62. The van der Waals surface area contributed by atoms with Gasteiger partial charge in [-0.1, -0.05) is 20.8 Å². The Morgan fingerprint density at radius 2 is 1.48 bits per heavy atom. The number of carbonyl (C=O) groups is 1. The molecule has 0 aliphatic carbocycles. The first-order chi connectivity index (χ1) is 12.7. The molecule has 1 N–H and O–H groups in total. The molecule has 1 unspecified atom stereocenters. The summed E-state index contributed by atoms with van der Waals surface area (Å²) in [5.41, 5.74) is -1.91. The highest BCUT2D eigenvalue weighted by Crippen LogP contribution is 2.48.